The number of carbonyl (C=O) groups excluding carboxylic acids is 1. The second kappa shape index (κ2) is 7.73. The molecule has 2 aromatic carbocycles. The number of ether oxygens (including phenoxy) is 1. The van der Waals surface area contributed by atoms with E-state index in [-0.39, 0.29) is 11.3 Å². The third-order valence-electron chi connectivity index (χ3n) is 7.77. The maximum atomic E-state index is 13.6. The molecule has 4 fully saturated rings. The minimum atomic E-state index is -0.173. The van der Waals surface area contributed by atoms with Crippen LogP contribution in [0.1, 0.15) is 38.5 Å². The lowest BCUT2D eigenvalue weighted by atomic mass is 9.49. The summed E-state index contributed by atoms with van der Waals surface area (Å²) in [6.07, 6.45) is 7.20. The summed E-state index contributed by atoms with van der Waals surface area (Å²) in [5.74, 6) is 3.26. The number of benzene rings is 2. The summed E-state index contributed by atoms with van der Waals surface area (Å²) >= 11 is 1.58. The van der Waals surface area contributed by atoms with E-state index in [4.69, 9.17) is 9.72 Å². The van der Waals surface area contributed by atoms with Crippen LogP contribution >= 0.6 is 11.3 Å². The number of thiazole rings is 1. The number of nitrogens with zero attached hydrogens (tertiary/aromatic N) is 1. The summed E-state index contributed by atoms with van der Waals surface area (Å²) in [6.45, 7) is 0. The van der Waals surface area contributed by atoms with E-state index in [1.54, 1.807) is 18.4 Å². The molecule has 164 valence electrons. The third-order valence-corrected chi connectivity index (χ3v) is 8.79. The fourth-order valence-corrected chi connectivity index (χ4v) is 7.71. The molecule has 4 aliphatic rings. The first-order chi connectivity index (χ1) is 15.6. The van der Waals surface area contributed by atoms with Crippen molar-refractivity contribution >= 4 is 22.4 Å². The number of hydrogen-bond donors (Lipinski definition) is 1. The lowest BCUT2D eigenvalue weighted by Gasteiger charge is -2.55. The predicted octanol–water partition coefficient (Wildman–Crippen LogP) is 6.64. The van der Waals surface area contributed by atoms with E-state index in [0.29, 0.717) is 5.13 Å². The van der Waals surface area contributed by atoms with Gasteiger partial charge in [-0.25, -0.2) is 4.98 Å². The number of rotatable bonds is 5. The van der Waals surface area contributed by atoms with E-state index >= 15 is 0 Å². The molecule has 4 saturated carbocycles. The molecule has 4 aliphatic carbocycles. The average molecular weight is 445 g/mol. The number of methoxy groups -OCH3 is 1. The number of amides is 1. The molecule has 1 N–H and O–H groups in total. The normalized spacial score (nSPS) is 28.0. The SMILES string of the molecule is COc1ccc(-c2nc(NC(=O)C34CC5CC(CC(C5)C3)C4)sc2-c2ccccc2)cc1. The number of aromatic nitrogens is 1. The van der Waals surface area contributed by atoms with E-state index in [9.17, 15) is 4.79 Å². The van der Waals surface area contributed by atoms with Crippen LogP contribution in [0.2, 0.25) is 0 Å². The van der Waals surface area contributed by atoms with Gasteiger partial charge in [0.15, 0.2) is 5.13 Å². The van der Waals surface area contributed by atoms with Crippen LogP contribution in [0.15, 0.2) is 54.6 Å². The van der Waals surface area contributed by atoms with Crippen molar-refractivity contribution < 1.29 is 9.53 Å². The van der Waals surface area contributed by atoms with Gasteiger partial charge < -0.3 is 10.1 Å². The second-order valence-corrected chi connectivity index (χ2v) is 10.9. The highest BCUT2D eigenvalue weighted by Gasteiger charge is 2.54. The molecule has 4 nitrogen and oxygen atoms in total. The Labute approximate surface area is 193 Å². The highest BCUT2D eigenvalue weighted by atomic mass is 32.1. The van der Waals surface area contributed by atoms with Gasteiger partial charge in [-0.05, 0) is 86.1 Å². The molecule has 3 aromatic rings. The van der Waals surface area contributed by atoms with Gasteiger partial charge in [-0.1, -0.05) is 41.7 Å². The second-order valence-electron chi connectivity index (χ2n) is 9.94. The Hall–Kier alpha value is -2.66. The van der Waals surface area contributed by atoms with Crippen LogP contribution in [0.3, 0.4) is 0 Å². The molecular formula is C27H28N2O2S. The Balaban J connectivity index is 1.33. The number of hydrogen-bond acceptors (Lipinski definition) is 4. The Kier molecular flexibility index (Phi) is 4.83. The van der Waals surface area contributed by atoms with Crippen molar-refractivity contribution in [1.82, 2.24) is 4.98 Å². The first kappa shape index (κ1) is 20.0. The molecule has 1 aromatic heterocycles. The lowest BCUT2D eigenvalue weighted by molar-refractivity contribution is -0.140. The maximum Gasteiger partial charge on any atom is 0.232 e. The van der Waals surface area contributed by atoms with Gasteiger partial charge in [0, 0.05) is 5.56 Å². The van der Waals surface area contributed by atoms with Gasteiger partial charge >= 0.3 is 0 Å². The predicted molar refractivity (Wildman–Crippen MR) is 129 cm³/mol. The van der Waals surface area contributed by atoms with E-state index in [1.807, 2.05) is 42.5 Å². The molecular weight excluding hydrogens is 416 g/mol. The highest BCUT2D eigenvalue weighted by molar-refractivity contribution is 7.19. The summed E-state index contributed by atoms with van der Waals surface area (Å²) in [5.41, 5.74) is 2.88. The topological polar surface area (TPSA) is 51.2 Å². The van der Waals surface area contributed by atoms with Gasteiger partial charge in [0.1, 0.15) is 5.75 Å². The van der Waals surface area contributed by atoms with Gasteiger partial charge in [0.05, 0.1) is 23.1 Å². The van der Waals surface area contributed by atoms with Gasteiger partial charge in [-0.3, -0.25) is 4.79 Å². The smallest absolute Gasteiger partial charge is 0.232 e. The van der Waals surface area contributed by atoms with Crippen molar-refractivity contribution in [2.75, 3.05) is 12.4 Å². The molecule has 0 saturated heterocycles. The summed E-state index contributed by atoms with van der Waals surface area (Å²) in [6, 6.07) is 18.3. The van der Waals surface area contributed by atoms with E-state index in [2.05, 4.69) is 17.4 Å². The Morgan fingerprint density at radius 3 is 2.16 bits per heavy atom. The van der Waals surface area contributed by atoms with Crippen LogP contribution in [0, 0.1) is 23.2 Å². The van der Waals surface area contributed by atoms with Gasteiger partial charge in [0.25, 0.3) is 0 Å². The minimum absolute atomic E-state index is 0.173. The fourth-order valence-electron chi connectivity index (χ4n) is 6.72. The summed E-state index contributed by atoms with van der Waals surface area (Å²) in [7, 11) is 1.67. The molecule has 5 heteroatoms. The van der Waals surface area contributed by atoms with Crippen LogP contribution in [0.4, 0.5) is 5.13 Å². The van der Waals surface area contributed by atoms with E-state index < -0.39 is 0 Å². The van der Waals surface area contributed by atoms with Crippen molar-refractivity contribution in [3.63, 3.8) is 0 Å². The van der Waals surface area contributed by atoms with Crippen LogP contribution in [0.25, 0.3) is 21.7 Å². The Morgan fingerprint density at radius 1 is 0.938 bits per heavy atom. The summed E-state index contributed by atoms with van der Waals surface area (Å²) < 4.78 is 5.32. The molecule has 0 atom stereocenters. The zero-order chi connectivity index (χ0) is 21.7. The fraction of sp³-hybridized carbons (Fsp3) is 0.407. The molecule has 0 aliphatic heterocycles. The van der Waals surface area contributed by atoms with Crippen molar-refractivity contribution in [2.45, 2.75) is 38.5 Å². The monoisotopic (exact) mass is 444 g/mol. The standard InChI is InChI=1S/C27H28N2O2S/c1-31-22-9-7-20(8-10-22)23-24(21-5-3-2-4-6-21)32-26(28-23)29-25(30)27-14-17-11-18(15-27)13-19(12-17)16-27/h2-10,17-19H,11-16H2,1H3,(H,28,29,30). The van der Waals surface area contributed by atoms with Crippen LogP contribution < -0.4 is 10.1 Å². The molecule has 0 radical (unpaired) electrons. The Bertz CT molecular complexity index is 1100. The van der Waals surface area contributed by atoms with E-state index in [1.165, 1.54) is 19.3 Å². The largest absolute Gasteiger partial charge is 0.497 e. The third kappa shape index (κ3) is 3.43. The van der Waals surface area contributed by atoms with Gasteiger partial charge in [-0.15, -0.1) is 0 Å². The van der Waals surface area contributed by atoms with Gasteiger partial charge in [0.2, 0.25) is 5.91 Å². The molecule has 0 unspecified atom stereocenters. The summed E-state index contributed by atoms with van der Waals surface area (Å²) in [5, 5.41) is 3.97. The van der Waals surface area contributed by atoms with Crippen molar-refractivity contribution in [3.05, 3.63) is 54.6 Å². The maximum absolute atomic E-state index is 13.6. The van der Waals surface area contributed by atoms with Crippen LogP contribution in [-0.2, 0) is 4.79 Å². The summed E-state index contributed by atoms with van der Waals surface area (Å²) in [4.78, 5) is 19.6. The van der Waals surface area contributed by atoms with E-state index in [0.717, 1.165) is 64.5 Å². The van der Waals surface area contributed by atoms with Crippen molar-refractivity contribution in [3.8, 4) is 27.4 Å². The average Bonchev–Trinajstić information content (AvgIpc) is 3.22. The number of carbonyl (C=O) groups is 1. The number of anilines is 1. The zero-order valence-corrected chi connectivity index (χ0v) is 19.2. The molecule has 32 heavy (non-hydrogen) atoms. The zero-order valence-electron chi connectivity index (χ0n) is 18.3. The van der Waals surface area contributed by atoms with Gasteiger partial charge in [-0.2, -0.15) is 0 Å². The van der Waals surface area contributed by atoms with Crippen LogP contribution in [-0.4, -0.2) is 18.0 Å². The van der Waals surface area contributed by atoms with Crippen molar-refractivity contribution in [1.29, 1.82) is 0 Å². The molecule has 0 spiro atoms. The lowest BCUT2D eigenvalue weighted by Crippen LogP contribution is -2.51. The first-order valence-corrected chi connectivity index (χ1v) is 12.5. The number of nitrogens with one attached hydrogen (secondary N) is 1. The molecule has 1 heterocycles. The first-order valence-electron chi connectivity index (χ1n) is 11.6. The molecule has 4 bridgehead atoms. The quantitative estimate of drug-likeness (QED) is 0.480. The van der Waals surface area contributed by atoms with Crippen LogP contribution in [0.5, 0.6) is 5.75 Å². The minimum Gasteiger partial charge on any atom is -0.497 e. The highest BCUT2D eigenvalue weighted by Crippen LogP contribution is 2.60. The van der Waals surface area contributed by atoms with Crippen molar-refractivity contribution in [2.24, 2.45) is 23.2 Å². The Morgan fingerprint density at radius 2 is 1.56 bits per heavy atom. The molecule has 7 rings (SSSR count). The molecule has 1 amide bonds.